The SMILES string of the molecule is Nc1cc(Cl)c(O)cc1/C=C/N1CC2COC(C2)C1.Nc1ccc(P)cc1. The first kappa shape index (κ1) is 19.8. The number of likely N-dealkylation sites (tertiary alicyclic amines) is 1. The monoisotopic (exact) mass is 405 g/mol. The van der Waals surface area contributed by atoms with Gasteiger partial charge in [-0.05, 0) is 48.3 Å². The number of phenolic OH excluding ortho intramolecular Hbond substituents is 1. The lowest BCUT2D eigenvalue weighted by atomic mass is 10.0. The number of aromatic hydroxyl groups is 1. The van der Waals surface area contributed by atoms with Crippen molar-refractivity contribution in [3.8, 4) is 5.75 Å². The fraction of sp³-hybridized carbons (Fsp3) is 0.300. The number of hydrogen-bond acceptors (Lipinski definition) is 5. The first-order valence-electron chi connectivity index (χ1n) is 8.83. The third-order valence-corrected chi connectivity index (χ3v) is 5.34. The van der Waals surface area contributed by atoms with E-state index < -0.39 is 0 Å². The van der Waals surface area contributed by atoms with Gasteiger partial charge in [0.2, 0.25) is 0 Å². The molecule has 0 saturated carbocycles. The quantitative estimate of drug-likeness (QED) is 0.406. The molecule has 144 valence electrons. The van der Waals surface area contributed by atoms with E-state index in [2.05, 4.69) is 14.1 Å². The Bertz CT molecular complexity index is 781. The molecule has 7 heteroatoms. The molecule has 2 heterocycles. The van der Waals surface area contributed by atoms with E-state index >= 15 is 0 Å². The summed E-state index contributed by atoms with van der Waals surface area (Å²) in [6.07, 6.45) is 5.47. The Morgan fingerprint density at radius 2 is 1.93 bits per heavy atom. The van der Waals surface area contributed by atoms with E-state index in [1.807, 2.05) is 36.5 Å². The van der Waals surface area contributed by atoms with Crippen molar-refractivity contribution in [2.24, 2.45) is 5.92 Å². The molecule has 2 saturated heterocycles. The van der Waals surface area contributed by atoms with Crippen LogP contribution in [0.25, 0.3) is 6.08 Å². The normalized spacial score (nSPS) is 21.2. The van der Waals surface area contributed by atoms with Gasteiger partial charge >= 0.3 is 0 Å². The smallest absolute Gasteiger partial charge is 0.134 e. The van der Waals surface area contributed by atoms with Crippen LogP contribution in [0.2, 0.25) is 5.02 Å². The minimum Gasteiger partial charge on any atom is -0.506 e. The van der Waals surface area contributed by atoms with E-state index in [0.717, 1.165) is 30.9 Å². The highest BCUT2D eigenvalue weighted by atomic mass is 35.5. The number of nitrogens with two attached hydrogens (primary N) is 2. The number of benzene rings is 2. The van der Waals surface area contributed by atoms with E-state index in [4.69, 9.17) is 27.8 Å². The number of ether oxygens (including phenoxy) is 1. The molecule has 0 amide bonds. The fourth-order valence-electron chi connectivity index (χ4n) is 3.24. The van der Waals surface area contributed by atoms with E-state index in [1.165, 1.54) is 11.7 Å². The van der Waals surface area contributed by atoms with Crippen LogP contribution in [-0.4, -0.2) is 35.8 Å². The molecule has 4 rings (SSSR count). The molecule has 0 aliphatic carbocycles. The molecule has 2 aliphatic rings. The summed E-state index contributed by atoms with van der Waals surface area (Å²) in [5, 5.41) is 11.0. The minimum atomic E-state index is 0.0533. The summed E-state index contributed by atoms with van der Waals surface area (Å²) in [6.45, 7) is 2.82. The lowest BCUT2D eigenvalue weighted by Gasteiger charge is -2.29. The predicted molar refractivity (Wildman–Crippen MR) is 116 cm³/mol. The third-order valence-electron chi connectivity index (χ3n) is 4.65. The van der Waals surface area contributed by atoms with Gasteiger partial charge < -0.3 is 26.2 Å². The maximum absolute atomic E-state index is 9.60. The number of nitrogen functional groups attached to an aromatic ring is 2. The van der Waals surface area contributed by atoms with Gasteiger partial charge in [0.15, 0.2) is 0 Å². The number of piperidine rings is 1. The molecule has 0 radical (unpaired) electrons. The Balaban J connectivity index is 0.000000221. The molecule has 2 aromatic carbocycles. The molecule has 3 unspecified atom stereocenters. The van der Waals surface area contributed by atoms with Crippen LogP contribution >= 0.6 is 20.8 Å². The summed E-state index contributed by atoms with van der Waals surface area (Å²) in [5.74, 6) is 0.692. The van der Waals surface area contributed by atoms with Gasteiger partial charge in [-0.1, -0.05) is 23.7 Å². The zero-order chi connectivity index (χ0) is 19.4. The van der Waals surface area contributed by atoms with Crippen molar-refractivity contribution in [2.45, 2.75) is 12.5 Å². The van der Waals surface area contributed by atoms with Crippen molar-refractivity contribution >= 4 is 43.6 Å². The van der Waals surface area contributed by atoms with Crippen molar-refractivity contribution in [1.82, 2.24) is 4.90 Å². The predicted octanol–water partition coefficient (Wildman–Crippen LogP) is 3.09. The number of nitrogens with zero attached hydrogens (tertiary/aromatic N) is 1. The average molecular weight is 406 g/mol. The van der Waals surface area contributed by atoms with Crippen molar-refractivity contribution in [1.29, 1.82) is 0 Å². The standard InChI is InChI=1S/C14H17ClN2O2.C6H8NP/c15-12-5-13(16)10(4-14(12)18)1-2-17-6-9-3-11(7-17)19-8-9;7-5-1-3-6(8)4-2-5/h1-2,4-5,9,11,18H,3,6-8,16H2;1-4H,7-8H2/b2-1+;. The summed E-state index contributed by atoms with van der Waals surface area (Å²) in [5.41, 5.74) is 13.5. The van der Waals surface area contributed by atoms with Gasteiger partial charge in [0.05, 0.1) is 17.7 Å². The van der Waals surface area contributed by atoms with Crippen LogP contribution in [0.4, 0.5) is 11.4 Å². The molecule has 2 aliphatic heterocycles. The molecule has 0 aromatic heterocycles. The van der Waals surface area contributed by atoms with Crippen LogP contribution in [0.5, 0.6) is 5.75 Å². The Kier molecular flexibility index (Phi) is 6.48. The van der Waals surface area contributed by atoms with Gasteiger partial charge in [0, 0.05) is 35.9 Å². The molecule has 2 aromatic rings. The summed E-state index contributed by atoms with van der Waals surface area (Å²) in [7, 11) is 2.60. The van der Waals surface area contributed by atoms with Crippen LogP contribution < -0.4 is 16.8 Å². The van der Waals surface area contributed by atoms with Crippen molar-refractivity contribution in [3.05, 3.63) is 53.2 Å². The van der Waals surface area contributed by atoms with Gasteiger partial charge in [-0.25, -0.2) is 0 Å². The average Bonchev–Trinajstić information content (AvgIpc) is 2.98. The largest absolute Gasteiger partial charge is 0.506 e. The molecule has 2 bridgehead atoms. The maximum atomic E-state index is 9.60. The lowest BCUT2D eigenvalue weighted by molar-refractivity contribution is 0.0977. The molecule has 5 N–H and O–H groups in total. The Morgan fingerprint density at radius 1 is 1.19 bits per heavy atom. The van der Waals surface area contributed by atoms with Crippen LogP contribution in [0.1, 0.15) is 12.0 Å². The molecular weight excluding hydrogens is 381 g/mol. The Hall–Kier alpha value is -1.94. The molecular formula is C20H25ClN3O2P. The highest BCUT2D eigenvalue weighted by Gasteiger charge is 2.32. The van der Waals surface area contributed by atoms with E-state index in [-0.39, 0.29) is 10.8 Å². The van der Waals surface area contributed by atoms with Crippen LogP contribution in [-0.2, 0) is 4.74 Å². The van der Waals surface area contributed by atoms with Gasteiger partial charge in [-0.2, -0.15) is 0 Å². The fourth-order valence-corrected chi connectivity index (χ4v) is 3.61. The summed E-state index contributed by atoms with van der Waals surface area (Å²) in [4.78, 5) is 2.25. The number of fused-ring (bicyclic) bond motifs is 2. The molecule has 27 heavy (non-hydrogen) atoms. The minimum absolute atomic E-state index is 0.0533. The lowest BCUT2D eigenvalue weighted by Crippen LogP contribution is -2.35. The molecule has 2 fully saturated rings. The van der Waals surface area contributed by atoms with Crippen LogP contribution in [0.3, 0.4) is 0 Å². The van der Waals surface area contributed by atoms with Crippen LogP contribution in [0.15, 0.2) is 42.6 Å². The Morgan fingerprint density at radius 3 is 2.59 bits per heavy atom. The Labute approximate surface area is 167 Å². The third kappa shape index (κ3) is 5.52. The number of anilines is 2. The first-order valence-corrected chi connectivity index (χ1v) is 9.79. The second kappa shape index (κ2) is 8.83. The number of rotatable bonds is 2. The molecule has 0 spiro atoms. The van der Waals surface area contributed by atoms with E-state index in [0.29, 0.717) is 17.7 Å². The summed E-state index contributed by atoms with van der Waals surface area (Å²) >= 11 is 5.80. The van der Waals surface area contributed by atoms with Crippen molar-refractivity contribution < 1.29 is 9.84 Å². The topological polar surface area (TPSA) is 84.7 Å². The summed E-state index contributed by atoms with van der Waals surface area (Å²) in [6, 6.07) is 10.8. The highest BCUT2D eigenvalue weighted by molar-refractivity contribution is 7.27. The van der Waals surface area contributed by atoms with Gasteiger partial charge in [0.25, 0.3) is 0 Å². The second-order valence-corrected chi connectivity index (χ2v) is 8.00. The molecule has 5 nitrogen and oxygen atoms in total. The number of halogens is 1. The number of hydrogen-bond donors (Lipinski definition) is 3. The van der Waals surface area contributed by atoms with E-state index in [1.54, 1.807) is 12.1 Å². The highest BCUT2D eigenvalue weighted by Crippen LogP contribution is 2.30. The summed E-state index contributed by atoms with van der Waals surface area (Å²) < 4.78 is 5.66. The zero-order valence-electron chi connectivity index (χ0n) is 15.0. The number of phenols is 1. The maximum Gasteiger partial charge on any atom is 0.134 e. The van der Waals surface area contributed by atoms with Gasteiger partial charge in [-0.3, -0.25) is 0 Å². The van der Waals surface area contributed by atoms with Crippen molar-refractivity contribution in [2.75, 3.05) is 31.2 Å². The first-order chi connectivity index (χ1) is 12.9. The van der Waals surface area contributed by atoms with Crippen LogP contribution in [0, 0.1) is 5.92 Å². The van der Waals surface area contributed by atoms with Gasteiger partial charge in [0.1, 0.15) is 5.75 Å². The molecule has 3 atom stereocenters. The van der Waals surface area contributed by atoms with Crippen molar-refractivity contribution in [3.63, 3.8) is 0 Å². The van der Waals surface area contributed by atoms with E-state index in [9.17, 15) is 5.11 Å². The second-order valence-electron chi connectivity index (χ2n) is 6.93. The van der Waals surface area contributed by atoms with Gasteiger partial charge in [-0.15, -0.1) is 9.24 Å². The zero-order valence-corrected chi connectivity index (χ0v) is 16.9.